The number of hydrogen-bond donors (Lipinski definition) is 1. The lowest BCUT2D eigenvalue weighted by atomic mass is 10.1. The maximum Gasteiger partial charge on any atom is 0.0671 e. The maximum absolute atomic E-state index is 5.81. The minimum atomic E-state index is 0.315. The zero-order valence-electron chi connectivity index (χ0n) is 12.5. The summed E-state index contributed by atoms with van der Waals surface area (Å²) >= 11 is 1.80. The topological polar surface area (TPSA) is 21.3 Å². The molecule has 0 aromatic carbocycles. The lowest BCUT2D eigenvalue weighted by Gasteiger charge is -2.13. The van der Waals surface area contributed by atoms with Crippen molar-refractivity contribution in [3.8, 4) is 0 Å². The van der Waals surface area contributed by atoms with Crippen LogP contribution in [0, 0.1) is 0 Å². The molecule has 0 aliphatic rings. The molecule has 110 valence electrons. The Morgan fingerprint density at radius 1 is 1.21 bits per heavy atom. The average molecular weight is 283 g/mol. The molecule has 3 heteroatoms. The molecule has 0 saturated carbocycles. The standard InChI is InChI=1S/C16H29NOS/c1-3-4-5-6-7-8-11-18-15(2)13-17-14-16-10-9-12-19-16/h9-10,12,15,17H,3-8,11,13-14H2,1-2H3. The molecular formula is C16H29NOS. The van der Waals surface area contributed by atoms with Crippen LogP contribution >= 0.6 is 11.3 Å². The number of thiophene rings is 1. The molecular weight excluding hydrogens is 254 g/mol. The molecule has 1 aromatic heterocycles. The Morgan fingerprint density at radius 2 is 2.00 bits per heavy atom. The van der Waals surface area contributed by atoms with Crippen molar-refractivity contribution < 1.29 is 4.74 Å². The van der Waals surface area contributed by atoms with Gasteiger partial charge in [0, 0.05) is 24.6 Å². The van der Waals surface area contributed by atoms with E-state index in [-0.39, 0.29) is 0 Å². The van der Waals surface area contributed by atoms with Gasteiger partial charge < -0.3 is 10.1 Å². The van der Waals surface area contributed by atoms with Crippen LogP contribution in [-0.2, 0) is 11.3 Å². The van der Waals surface area contributed by atoms with Gasteiger partial charge in [0.05, 0.1) is 6.10 Å². The summed E-state index contributed by atoms with van der Waals surface area (Å²) in [7, 11) is 0. The second-order valence-electron chi connectivity index (χ2n) is 5.16. The van der Waals surface area contributed by atoms with E-state index in [1.807, 2.05) is 0 Å². The molecule has 0 bridgehead atoms. The molecule has 1 heterocycles. The summed E-state index contributed by atoms with van der Waals surface area (Å²) in [6.45, 7) is 7.22. The molecule has 0 aliphatic heterocycles. The summed E-state index contributed by atoms with van der Waals surface area (Å²) in [5, 5.41) is 5.56. The Labute approximate surface area is 122 Å². The van der Waals surface area contributed by atoms with Crippen LogP contribution in [0.3, 0.4) is 0 Å². The zero-order chi connectivity index (χ0) is 13.8. The highest BCUT2D eigenvalue weighted by Gasteiger charge is 2.01. The number of hydrogen-bond acceptors (Lipinski definition) is 3. The summed E-state index contributed by atoms with van der Waals surface area (Å²) in [6, 6.07) is 4.26. The van der Waals surface area contributed by atoms with Crippen molar-refractivity contribution in [1.82, 2.24) is 5.32 Å². The Morgan fingerprint density at radius 3 is 2.74 bits per heavy atom. The molecule has 0 aliphatic carbocycles. The van der Waals surface area contributed by atoms with E-state index >= 15 is 0 Å². The first kappa shape index (κ1) is 16.7. The van der Waals surface area contributed by atoms with Crippen molar-refractivity contribution in [1.29, 1.82) is 0 Å². The fraction of sp³-hybridized carbons (Fsp3) is 0.750. The van der Waals surface area contributed by atoms with Crippen LogP contribution in [0.15, 0.2) is 17.5 Å². The van der Waals surface area contributed by atoms with E-state index in [9.17, 15) is 0 Å². The van der Waals surface area contributed by atoms with E-state index < -0.39 is 0 Å². The zero-order valence-corrected chi connectivity index (χ0v) is 13.3. The normalized spacial score (nSPS) is 12.7. The van der Waals surface area contributed by atoms with E-state index in [0.717, 1.165) is 19.7 Å². The van der Waals surface area contributed by atoms with Gasteiger partial charge in [0.2, 0.25) is 0 Å². The second-order valence-corrected chi connectivity index (χ2v) is 6.19. The summed E-state index contributed by atoms with van der Waals surface area (Å²) in [5.74, 6) is 0. The minimum Gasteiger partial charge on any atom is -0.377 e. The average Bonchev–Trinajstić information content (AvgIpc) is 2.91. The molecule has 0 fully saturated rings. The fourth-order valence-electron chi connectivity index (χ4n) is 2.04. The van der Waals surface area contributed by atoms with Gasteiger partial charge in [0.15, 0.2) is 0 Å². The molecule has 1 rings (SSSR count). The van der Waals surface area contributed by atoms with Crippen LogP contribution in [0.5, 0.6) is 0 Å². The Hall–Kier alpha value is -0.380. The van der Waals surface area contributed by atoms with Crippen LogP contribution in [0.25, 0.3) is 0 Å². The summed E-state index contributed by atoms with van der Waals surface area (Å²) in [5.41, 5.74) is 0. The minimum absolute atomic E-state index is 0.315. The Kier molecular flexibility index (Phi) is 10.0. The van der Waals surface area contributed by atoms with Gasteiger partial charge in [0.1, 0.15) is 0 Å². The van der Waals surface area contributed by atoms with Gasteiger partial charge in [-0.1, -0.05) is 45.1 Å². The van der Waals surface area contributed by atoms with Gasteiger partial charge in [-0.2, -0.15) is 0 Å². The first-order valence-corrected chi connectivity index (χ1v) is 8.55. The highest BCUT2D eigenvalue weighted by Crippen LogP contribution is 2.08. The van der Waals surface area contributed by atoms with Crippen LogP contribution in [0.2, 0.25) is 0 Å². The third-order valence-electron chi connectivity index (χ3n) is 3.21. The quantitative estimate of drug-likeness (QED) is 0.566. The molecule has 1 unspecified atom stereocenters. The van der Waals surface area contributed by atoms with Gasteiger partial charge >= 0.3 is 0 Å². The molecule has 0 amide bonds. The predicted octanol–water partition coefficient (Wildman–Crippen LogP) is 4.60. The summed E-state index contributed by atoms with van der Waals surface area (Å²) in [6.07, 6.45) is 8.29. The van der Waals surface area contributed by atoms with Gasteiger partial charge in [-0.25, -0.2) is 0 Å². The largest absolute Gasteiger partial charge is 0.377 e. The first-order valence-electron chi connectivity index (χ1n) is 7.67. The SMILES string of the molecule is CCCCCCCCOC(C)CNCc1cccs1. The lowest BCUT2D eigenvalue weighted by molar-refractivity contribution is 0.0629. The van der Waals surface area contributed by atoms with Gasteiger partial charge in [0.25, 0.3) is 0 Å². The van der Waals surface area contributed by atoms with Crippen LogP contribution in [-0.4, -0.2) is 19.3 Å². The van der Waals surface area contributed by atoms with E-state index in [1.165, 1.54) is 43.4 Å². The van der Waals surface area contributed by atoms with Crippen molar-refractivity contribution in [2.24, 2.45) is 0 Å². The fourth-order valence-corrected chi connectivity index (χ4v) is 2.71. The predicted molar refractivity (Wildman–Crippen MR) is 84.8 cm³/mol. The van der Waals surface area contributed by atoms with Gasteiger partial charge in [-0.15, -0.1) is 11.3 Å². The lowest BCUT2D eigenvalue weighted by Crippen LogP contribution is -2.26. The van der Waals surface area contributed by atoms with Crippen molar-refractivity contribution in [2.45, 2.75) is 65.0 Å². The molecule has 2 nitrogen and oxygen atoms in total. The van der Waals surface area contributed by atoms with Crippen LogP contribution < -0.4 is 5.32 Å². The van der Waals surface area contributed by atoms with Crippen molar-refractivity contribution in [2.75, 3.05) is 13.2 Å². The maximum atomic E-state index is 5.81. The van der Waals surface area contributed by atoms with Gasteiger partial charge in [-0.05, 0) is 24.8 Å². The summed E-state index contributed by atoms with van der Waals surface area (Å²) < 4.78 is 5.81. The number of ether oxygens (including phenoxy) is 1. The molecule has 1 atom stereocenters. The molecule has 0 radical (unpaired) electrons. The second kappa shape index (κ2) is 11.4. The van der Waals surface area contributed by atoms with E-state index in [0.29, 0.717) is 6.10 Å². The third kappa shape index (κ3) is 9.20. The van der Waals surface area contributed by atoms with Crippen molar-refractivity contribution >= 4 is 11.3 Å². The van der Waals surface area contributed by atoms with Crippen LogP contribution in [0.1, 0.15) is 57.2 Å². The first-order chi connectivity index (χ1) is 9.33. The molecule has 19 heavy (non-hydrogen) atoms. The van der Waals surface area contributed by atoms with Crippen LogP contribution in [0.4, 0.5) is 0 Å². The highest BCUT2D eigenvalue weighted by molar-refractivity contribution is 7.09. The monoisotopic (exact) mass is 283 g/mol. The van der Waals surface area contributed by atoms with Crippen molar-refractivity contribution in [3.63, 3.8) is 0 Å². The molecule has 0 saturated heterocycles. The number of unbranched alkanes of at least 4 members (excludes halogenated alkanes) is 5. The van der Waals surface area contributed by atoms with E-state index in [1.54, 1.807) is 11.3 Å². The van der Waals surface area contributed by atoms with Crippen molar-refractivity contribution in [3.05, 3.63) is 22.4 Å². The molecule has 0 spiro atoms. The third-order valence-corrected chi connectivity index (χ3v) is 4.09. The number of nitrogens with one attached hydrogen (secondary N) is 1. The summed E-state index contributed by atoms with van der Waals surface area (Å²) in [4.78, 5) is 1.39. The Balaban J connectivity index is 1.86. The number of rotatable bonds is 12. The van der Waals surface area contributed by atoms with E-state index in [4.69, 9.17) is 4.74 Å². The molecule has 1 aromatic rings. The highest BCUT2D eigenvalue weighted by atomic mass is 32.1. The van der Waals surface area contributed by atoms with Gasteiger partial charge in [-0.3, -0.25) is 0 Å². The van der Waals surface area contributed by atoms with E-state index in [2.05, 4.69) is 36.7 Å². The molecule has 1 N–H and O–H groups in total. The smallest absolute Gasteiger partial charge is 0.0671 e. The Bertz CT molecular complexity index is 287.